The lowest BCUT2D eigenvalue weighted by molar-refractivity contribution is 0.0456. The summed E-state index contributed by atoms with van der Waals surface area (Å²) in [6, 6.07) is 15.3. The van der Waals surface area contributed by atoms with Gasteiger partial charge in [0, 0.05) is 4.88 Å². The van der Waals surface area contributed by atoms with Crippen molar-refractivity contribution in [3.05, 3.63) is 69.6 Å². The minimum Gasteiger partial charge on any atom is -0.497 e. The maximum atomic E-state index is 12.4. The van der Waals surface area contributed by atoms with Crippen LogP contribution in [0.4, 0.5) is 0 Å². The molecule has 0 atom stereocenters. The molecule has 0 saturated carbocycles. The topological polar surface area (TPSA) is 44.8 Å². The molecule has 0 unspecified atom stereocenters. The van der Waals surface area contributed by atoms with Gasteiger partial charge in [0.25, 0.3) is 0 Å². The van der Waals surface area contributed by atoms with Crippen LogP contribution in [0.3, 0.4) is 0 Å². The Morgan fingerprint density at radius 2 is 1.89 bits per heavy atom. The largest absolute Gasteiger partial charge is 0.497 e. The average molecular weight is 415 g/mol. The minimum atomic E-state index is -0.322. The minimum absolute atomic E-state index is 0.167. The van der Waals surface area contributed by atoms with E-state index in [1.165, 1.54) is 28.0 Å². The molecule has 0 fully saturated rings. The number of carbonyl (C=O) groups is 1. The van der Waals surface area contributed by atoms with Gasteiger partial charge >= 0.3 is 5.97 Å². The normalized spacial score (nSPS) is 12.1. The lowest BCUT2D eigenvalue weighted by Crippen LogP contribution is -2.11. The van der Waals surface area contributed by atoms with Gasteiger partial charge in [-0.2, -0.15) is 0 Å². The molecule has 0 bridgehead atoms. The number of hydrogen-bond donors (Lipinski definition) is 0. The van der Waals surface area contributed by atoms with Crippen molar-refractivity contribution in [2.45, 2.75) is 12.8 Å². The van der Waals surface area contributed by atoms with Crippen molar-refractivity contribution in [1.82, 2.24) is 0 Å². The predicted octanol–water partition coefficient (Wildman–Crippen LogP) is 5.41. The lowest BCUT2D eigenvalue weighted by atomic mass is 9.91. The summed E-state index contributed by atoms with van der Waals surface area (Å²) in [5.41, 5.74) is 3.62. The van der Waals surface area contributed by atoms with Crippen LogP contribution in [0.1, 0.15) is 20.8 Å². The highest BCUT2D eigenvalue weighted by atomic mass is 35.5. The zero-order valence-corrected chi connectivity index (χ0v) is 16.9. The molecular weight excluding hydrogens is 396 g/mol. The Morgan fingerprint density at radius 3 is 2.71 bits per heavy atom. The van der Waals surface area contributed by atoms with E-state index in [1.54, 1.807) is 19.2 Å². The number of methoxy groups -OCH3 is 1. The van der Waals surface area contributed by atoms with Crippen molar-refractivity contribution in [3.63, 3.8) is 0 Å². The molecule has 0 aliphatic heterocycles. The lowest BCUT2D eigenvalue weighted by Gasteiger charge is -2.16. The number of rotatable bonds is 6. The first-order valence-electron chi connectivity index (χ1n) is 9.00. The van der Waals surface area contributed by atoms with Crippen LogP contribution >= 0.6 is 22.9 Å². The van der Waals surface area contributed by atoms with E-state index in [4.69, 9.17) is 25.8 Å². The van der Waals surface area contributed by atoms with Gasteiger partial charge < -0.3 is 14.2 Å². The Hall–Kier alpha value is -2.50. The van der Waals surface area contributed by atoms with Gasteiger partial charge in [-0.05, 0) is 65.9 Å². The van der Waals surface area contributed by atoms with Gasteiger partial charge in [-0.15, -0.1) is 11.3 Å². The molecule has 3 aromatic rings. The van der Waals surface area contributed by atoms with E-state index in [1.807, 2.05) is 24.3 Å². The first-order valence-corrected chi connectivity index (χ1v) is 10.2. The van der Waals surface area contributed by atoms with Gasteiger partial charge in [0.05, 0.1) is 12.1 Å². The molecule has 28 heavy (non-hydrogen) atoms. The van der Waals surface area contributed by atoms with Gasteiger partial charge in [-0.3, -0.25) is 0 Å². The summed E-state index contributed by atoms with van der Waals surface area (Å²) in [5.74, 6) is 1.12. The second-order valence-corrected chi connectivity index (χ2v) is 7.86. The van der Waals surface area contributed by atoms with E-state index in [0.717, 1.165) is 23.5 Å². The number of esters is 1. The zero-order chi connectivity index (χ0) is 19.5. The summed E-state index contributed by atoms with van der Waals surface area (Å²) in [6.07, 6.45) is 1.85. The number of para-hydroxylation sites is 1. The standard InChI is InChI=1S/C22H19ClO4S/c1-25-16-8-9-17-14(12-16)6-7-15-13-20(28-21(15)17)22(24)27-11-10-26-19-5-3-2-4-18(19)23/h2-5,8-9,12-13H,6-7,10-11H2,1H3. The van der Waals surface area contributed by atoms with E-state index in [9.17, 15) is 4.79 Å². The molecular formula is C22H19ClO4S. The van der Waals surface area contributed by atoms with Gasteiger partial charge in [0.1, 0.15) is 29.6 Å². The number of ether oxygens (including phenoxy) is 3. The summed E-state index contributed by atoms with van der Waals surface area (Å²) >= 11 is 7.52. The van der Waals surface area contributed by atoms with Crippen molar-refractivity contribution >= 4 is 28.9 Å². The molecule has 1 heterocycles. The molecule has 1 aliphatic rings. The van der Waals surface area contributed by atoms with E-state index >= 15 is 0 Å². The Labute approximate surface area is 172 Å². The van der Waals surface area contributed by atoms with Crippen molar-refractivity contribution in [2.24, 2.45) is 0 Å². The van der Waals surface area contributed by atoms with Crippen LogP contribution in [0, 0.1) is 0 Å². The third-order valence-electron chi connectivity index (χ3n) is 4.64. The number of carbonyl (C=O) groups excluding carboxylic acids is 1. The number of thiophene rings is 1. The molecule has 0 spiro atoms. The third-order valence-corrected chi connectivity index (χ3v) is 6.14. The summed E-state index contributed by atoms with van der Waals surface area (Å²) in [5, 5.41) is 0.537. The summed E-state index contributed by atoms with van der Waals surface area (Å²) < 4.78 is 16.2. The summed E-state index contributed by atoms with van der Waals surface area (Å²) in [6.45, 7) is 0.420. The molecule has 6 heteroatoms. The number of hydrogen-bond acceptors (Lipinski definition) is 5. The third kappa shape index (κ3) is 3.86. The fraction of sp³-hybridized carbons (Fsp3) is 0.227. The Bertz CT molecular complexity index is 1010. The van der Waals surface area contributed by atoms with Gasteiger partial charge in [0.15, 0.2) is 0 Å². The van der Waals surface area contributed by atoms with Crippen molar-refractivity contribution in [2.75, 3.05) is 20.3 Å². The van der Waals surface area contributed by atoms with Crippen LogP contribution in [-0.2, 0) is 17.6 Å². The van der Waals surface area contributed by atoms with Gasteiger partial charge in [-0.25, -0.2) is 4.79 Å². The van der Waals surface area contributed by atoms with Crippen molar-refractivity contribution < 1.29 is 19.0 Å². The Balaban J connectivity index is 1.40. The smallest absolute Gasteiger partial charge is 0.348 e. The summed E-state index contributed by atoms with van der Waals surface area (Å²) in [7, 11) is 1.67. The Morgan fingerprint density at radius 1 is 1.07 bits per heavy atom. The van der Waals surface area contributed by atoms with Crippen LogP contribution in [0.2, 0.25) is 5.02 Å². The van der Waals surface area contributed by atoms with Crippen LogP contribution in [0.15, 0.2) is 48.5 Å². The second-order valence-electron chi connectivity index (χ2n) is 6.40. The Kier molecular flexibility index (Phi) is 5.55. The number of aryl methyl sites for hydroxylation is 2. The quantitative estimate of drug-likeness (QED) is 0.399. The molecule has 2 aromatic carbocycles. The van der Waals surface area contributed by atoms with Gasteiger partial charge in [-0.1, -0.05) is 23.7 Å². The van der Waals surface area contributed by atoms with E-state index in [-0.39, 0.29) is 19.2 Å². The first kappa shape index (κ1) is 18.8. The number of halogens is 1. The molecule has 4 rings (SSSR count). The second kappa shape index (κ2) is 8.25. The highest BCUT2D eigenvalue weighted by Crippen LogP contribution is 2.41. The fourth-order valence-electron chi connectivity index (χ4n) is 3.26. The molecule has 0 saturated heterocycles. The number of benzene rings is 2. The molecule has 0 amide bonds. The van der Waals surface area contributed by atoms with Crippen LogP contribution in [-0.4, -0.2) is 26.3 Å². The monoisotopic (exact) mass is 414 g/mol. The fourth-order valence-corrected chi connectivity index (χ4v) is 4.61. The van der Waals surface area contributed by atoms with Crippen LogP contribution in [0.5, 0.6) is 11.5 Å². The molecule has 0 N–H and O–H groups in total. The van der Waals surface area contributed by atoms with Gasteiger partial charge in [0.2, 0.25) is 0 Å². The first-order chi connectivity index (χ1) is 13.7. The SMILES string of the molecule is COc1ccc2c(c1)CCc1cc(C(=O)OCCOc3ccccc3Cl)sc1-2. The van der Waals surface area contributed by atoms with E-state index in [0.29, 0.717) is 15.6 Å². The molecule has 1 aliphatic carbocycles. The highest BCUT2D eigenvalue weighted by Gasteiger charge is 2.22. The average Bonchev–Trinajstić information content (AvgIpc) is 3.16. The molecule has 1 aromatic heterocycles. The molecule has 144 valence electrons. The maximum Gasteiger partial charge on any atom is 0.348 e. The summed E-state index contributed by atoms with van der Waals surface area (Å²) in [4.78, 5) is 14.2. The predicted molar refractivity (Wildman–Crippen MR) is 111 cm³/mol. The van der Waals surface area contributed by atoms with Crippen LogP contribution in [0.25, 0.3) is 10.4 Å². The zero-order valence-electron chi connectivity index (χ0n) is 15.4. The number of fused-ring (bicyclic) bond motifs is 3. The van der Waals surface area contributed by atoms with Crippen molar-refractivity contribution in [1.29, 1.82) is 0 Å². The van der Waals surface area contributed by atoms with E-state index < -0.39 is 0 Å². The van der Waals surface area contributed by atoms with Crippen LogP contribution < -0.4 is 9.47 Å². The molecule has 0 radical (unpaired) electrons. The van der Waals surface area contributed by atoms with Crippen molar-refractivity contribution in [3.8, 4) is 21.9 Å². The maximum absolute atomic E-state index is 12.4. The molecule has 4 nitrogen and oxygen atoms in total. The highest BCUT2D eigenvalue weighted by molar-refractivity contribution is 7.17. The van der Waals surface area contributed by atoms with E-state index in [2.05, 4.69) is 12.1 Å².